The van der Waals surface area contributed by atoms with Gasteiger partial charge in [0.05, 0.1) is 13.7 Å². The average molecular weight is 484 g/mol. The molecule has 27 heavy (non-hydrogen) atoms. The summed E-state index contributed by atoms with van der Waals surface area (Å²) in [5.74, 6) is 2.68. The van der Waals surface area contributed by atoms with Crippen LogP contribution in [0.4, 0.5) is 0 Å². The fourth-order valence-electron chi connectivity index (χ4n) is 3.35. The Morgan fingerprint density at radius 3 is 2.85 bits per heavy atom. The van der Waals surface area contributed by atoms with Gasteiger partial charge in [-0.3, -0.25) is 4.99 Å². The zero-order valence-corrected chi connectivity index (χ0v) is 19.0. The molecule has 1 N–H and O–H groups in total. The molecule has 0 bridgehead atoms. The molecular weight excluding hydrogens is 455 g/mol. The molecule has 1 aliphatic rings. The molecule has 0 spiro atoms. The molecule has 7 heteroatoms. The summed E-state index contributed by atoms with van der Waals surface area (Å²) in [4.78, 5) is 6.51. The number of methoxy groups -OCH3 is 1. The van der Waals surface area contributed by atoms with Crippen molar-refractivity contribution in [2.45, 2.75) is 32.5 Å². The number of fused-ring (bicyclic) bond motifs is 1. The van der Waals surface area contributed by atoms with E-state index in [0.717, 1.165) is 36.0 Å². The first-order valence-corrected chi connectivity index (χ1v) is 8.90. The summed E-state index contributed by atoms with van der Waals surface area (Å²) in [6, 6.07) is 8.34. The van der Waals surface area contributed by atoms with E-state index in [1.54, 1.807) is 14.2 Å². The molecule has 0 amide bonds. The maximum absolute atomic E-state index is 5.88. The number of nitrogens with zero attached hydrogens (tertiary/aromatic N) is 3. The molecule has 0 saturated heterocycles. The van der Waals surface area contributed by atoms with Crippen LogP contribution in [0.15, 0.2) is 35.5 Å². The van der Waals surface area contributed by atoms with Crippen LogP contribution in [0.5, 0.6) is 11.5 Å². The zero-order chi connectivity index (χ0) is 18.7. The summed E-state index contributed by atoms with van der Waals surface area (Å²) in [5, 5.41) is 3.43. The van der Waals surface area contributed by atoms with Crippen LogP contribution in [0.3, 0.4) is 0 Å². The lowest BCUT2D eigenvalue weighted by Gasteiger charge is -2.23. The zero-order valence-electron chi connectivity index (χ0n) is 16.7. The smallest absolute Gasteiger partial charge is 0.194 e. The van der Waals surface area contributed by atoms with Crippen molar-refractivity contribution in [2.24, 2.45) is 12.0 Å². The van der Waals surface area contributed by atoms with Crippen LogP contribution in [-0.4, -0.2) is 42.7 Å². The predicted molar refractivity (Wildman–Crippen MR) is 119 cm³/mol. The fraction of sp³-hybridized carbons (Fsp3) is 0.450. The quantitative estimate of drug-likeness (QED) is 0.403. The van der Waals surface area contributed by atoms with Crippen molar-refractivity contribution in [3.05, 3.63) is 47.3 Å². The fourth-order valence-corrected chi connectivity index (χ4v) is 3.35. The minimum absolute atomic E-state index is 0. The van der Waals surface area contributed by atoms with E-state index in [2.05, 4.69) is 64.2 Å². The van der Waals surface area contributed by atoms with Gasteiger partial charge in [0.25, 0.3) is 0 Å². The van der Waals surface area contributed by atoms with Crippen molar-refractivity contribution < 1.29 is 9.47 Å². The van der Waals surface area contributed by atoms with Crippen LogP contribution in [0.1, 0.15) is 23.7 Å². The molecule has 2 heterocycles. The van der Waals surface area contributed by atoms with Crippen molar-refractivity contribution >= 4 is 29.9 Å². The standard InChI is InChI=1S/C20H28N4O2.HI/c1-14-9-15-10-18(25-5)16(11-19(15)26-14)12-22-20(21-2)24(4)13-17-7-6-8-23(17)3;/h6-8,10-11,14H,9,12-13H2,1-5H3,(H,21,22);1H. The third-order valence-corrected chi connectivity index (χ3v) is 4.76. The first-order chi connectivity index (χ1) is 12.5. The van der Waals surface area contributed by atoms with E-state index in [9.17, 15) is 0 Å². The van der Waals surface area contributed by atoms with Gasteiger partial charge in [0.1, 0.15) is 17.6 Å². The Morgan fingerprint density at radius 1 is 1.44 bits per heavy atom. The average Bonchev–Trinajstić information content (AvgIpc) is 3.18. The lowest BCUT2D eigenvalue weighted by molar-refractivity contribution is 0.254. The summed E-state index contributed by atoms with van der Waals surface area (Å²) in [6.45, 7) is 3.49. The van der Waals surface area contributed by atoms with E-state index in [-0.39, 0.29) is 30.1 Å². The van der Waals surface area contributed by atoms with Crippen molar-refractivity contribution in [1.82, 2.24) is 14.8 Å². The molecule has 1 unspecified atom stereocenters. The number of nitrogens with one attached hydrogen (secondary N) is 1. The van der Waals surface area contributed by atoms with Gasteiger partial charge in [-0.05, 0) is 31.2 Å². The van der Waals surface area contributed by atoms with Gasteiger partial charge in [0.2, 0.25) is 0 Å². The molecule has 1 aromatic carbocycles. The number of hydrogen-bond donors (Lipinski definition) is 1. The maximum atomic E-state index is 5.88. The Kier molecular flexibility index (Phi) is 7.41. The summed E-state index contributed by atoms with van der Waals surface area (Å²) >= 11 is 0. The summed E-state index contributed by atoms with van der Waals surface area (Å²) in [6.07, 6.45) is 3.21. The summed E-state index contributed by atoms with van der Waals surface area (Å²) in [5.41, 5.74) is 3.50. The normalized spacial score (nSPS) is 15.6. The van der Waals surface area contributed by atoms with Crippen LogP contribution in [0, 0.1) is 0 Å². The topological polar surface area (TPSA) is 51.0 Å². The second-order valence-corrected chi connectivity index (χ2v) is 6.77. The first kappa shape index (κ1) is 21.4. The van der Waals surface area contributed by atoms with E-state index in [1.807, 2.05) is 7.05 Å². The summed E-state index contributed by atoms with van der Waals surface area (Å²) < 4.78 is 13.6. The van der Waals surface area contributed by atoms with Crippen molar-refractivity contribution in [2.75, 3.05) is 21.2 Å². The minimum atomic E-state index is 0. The van der Waals surface area contributed by atoms with Crippen LogP contribution >= 0.6 is 24.0 Å². The molecule has 1 aromatic heterocycles. The number of aromatic nitrogens is 1. The van der Waals surface area contributed by atoms with Gasteiger partial charge in [0.15, 0.2) is 5.96 Å². The van der Waals surface area contributed by atoms with Gasteiger partial charge >= 0.3 is 0 Å². The maximum Gasteiger partial charge on any atom is 0.194 e. The van der Waals surface area contributed by atoms with Crippen molar-refractivity contribution in [3.8, 4) is 11.5 Å². The number of aliphatic imine (C=N–C) groups is 1. The van der Waals surface area contributed by atoms with Gasteiger partial charge < -0.3 is 24.3 Å². The van der Waals surface area contributed by atoms with Crippen molar-refractivity contribution in [1.29, 1.82) is 0 Å². The highest BCUT2D eigenvalue weighted by atomic mass is 127. The highest BCUT2D eigenvalue weighted by Crippen LogP contribution is 2.34. The number of rotatable bonds is 5. The molecule has 0 aliphatic carbocycles. The SMILES string of the molecule is CN=C(NCc1cc2c(cc1OC)CC(C)O2)N(C)Cc1cccn1C.I. The van der Waals surface area contributed by atoms with E-state index >= 15 is 0 Å². The van der Waals surface area contributed by atoms with Gasteiger partial charge in [0, 0.05) is 57.1 Å². The van der Waals surface area contributed by atoms with E-state index in [4.69, 9.17) is 9.47 Å². The Bertz CT molecular complexity index is 803. The molecule has 1 atom stereocenters. The largest absolute Gasteiger partial charge is 0.496 e. The number of benzene rings is 1. The molecule has 1 aliphatic heterocycles. The van der Waals surface area contributed by atoms with Gasteiger partial charge in [-0.1, -0.05) is 0 Å². The third kappa shape index (κ3) is 4.88. The molecule has 0 fully saturated rings. The highest BCUT2D eigenvalue weighted by Gasteiger charge is 2.22. The lowest BCUT2D eigenvalue weighted by Crippen LogP contribution is -2.38. The molecular formula is C20H29IN4O2. The van der Waals surface area contributed by atoms with Crippen molar-refractivity contribution in [3.63, 3.8) is 0 Å². The van der Waals surface area contributed by atoms with E-state index in [1.165, 1.54) is 11.3 Å². The second-order valence-electron chi connectivity index (χ2n) is 6.77. The second kappa shape index (κ2) is 9.34. The number of ether oxygens (including phenoxy) is 2. The molecule has 3 rings (SSSR count). The van der Waals surface area contributed by atoms with Crippen LogP contribution in [0.2, 0.25) is 0 Å². The molecule has 148 valence electrons. The predicted octanol–water partition coefficient (Wildman–Crippen LogP) is 3.18. The minimum Gasteiger partial charge on any atom is -0.496 e. The third-order valence-electron chi connectivity index (χ3n) is 4.76. The van der Waals surface area contributed by atoms with Gasteiger partial charge in [-0.15, -0.1) is 24.0 Å². The number of hydrogen-bond acceptors (Lipinski definition) is 3. The number of guanidine groups is 1. The number of aryl methyl sites for hydroxylation is 1. The molecule has 6 nitrogen and oxygen atoms in total. The lowest BCUT2D eigenvalue weighted by atomic mass is 10.1. The monoisotopic (exact) mass is 484 g/mol. The summed E-state index contributed by atoms with van der Waals surface area (Å²) in [7, 11) is 7.60. The Hall–Kier alpha value is -1.90. The Balaban J connectivity index is 0.00000261. The first-order valence-electron chi connectivity index (χ1n) is 8.90. The Morgan fingerprint density at radius 2 is 2.22 bits per heavy atom. The van der Waals surface area contributed by atoms with Crippen LogP contribution < -0.4 is 14.8 Å². The number of halogens is 1. The van der Waals surface area contributed by atoms with Crippen LogP contribution in [0.25, 0.3) is 0 Å². The van der Waals surface area contributed by atoms with Gasteiger partial charge in [-0.25, -0.2) is 0 Å². The van der Waals surface area contributed by atoms with E-state index in [0.29, 0.717) is 6.54 Å². The van der Waals surface area contributed by atoms with E-state index < -0.39 is 0 Å². The molecule has 0 radical (unpaired) electrons. The van der Waals surface area contributed by atoms with Gasteiger partial charge in [-0.2, -0.15) is 0 Å². The molecule has 0 saturated carbocycles. The van der Waals surface area contributed by atoms with Crippen LogP contribution in [-0.2, 0) is 26.6 Å². The Labute approximate surface area is 178 Å². The highest BCUT2D eigenvalue weighted by molar-refractivity contribution is 14.0. The molecule has 2 aromatic rings.